The molecule has 0 spiro atoms. The molecule has 3 N–H and O–H groups in total. The Bertz CT molecular complexity index is 1980. The third-order valence-corrected chi connectivity index (χ3v) is 53.7. The number of ketones is 1. The van der Waals surface area contributed by atoms with Crippen molar-refractivity contribution in [1.29, 1.82) is 0 Å². The number of carbonyl (C=O) groups excluding carboxylic acids is 1. The summed E-state index contributed by atoms with van der Waals surface area (Å²) in [7, 11) is -33.0. The summed E-state index contributed by atoms with van der Waals surface area (Å²) in [5.41, 5.74) is -1.10. The first kappa shape index (κ1) is 69.8. The molecule has 0 radical (unpaired) electrons. The highest BCUT2D eigenvalue weighted by Gasteiger charge is 2.83. The molecule has 0 aromatic heterocycles. The van der Waals surface area contributed by atoms with Gasteiger partial charge < -0.3 is 78.9 Å². The Kier molecular flexibility index (Phi) is 24.9. The van der Waals surface area contributed by atoms with Gasteiger partial charge in [-0.15, -0.1) is 0 Å². The maximum atomic E-state index is 12.5. The molecule has 6 heterocycles. The van der Waals surface area contributed by atoms with Gasteiger partial charge >= 0.3 is 70.4 Å². The Labute approximate surface area is 495 Å². The van der Waals surface area contributed by atoms with Crippen LogP contribution < -0.4 is 4.74 Å². The molecule has 1 aromatic carbocycles. The molecule has 0 saturated carbocycles. The van der Waals surface area contributed by atoms with E-state index in [1.807, 2.05) is 4.90 Å². The topological polar surface area (TPSA) is 219 Å². The lowest BCUT2D eigenvalue weighted by Gasteiger charge is -2.64. The molecule has 6 saturated heterocycles. The summed E-state index contributed by atoms with van der Waals surface area (Å²) in [4.78, 5) is 14.5. The summed E-state index contributed by atoms with van der Waals surface area (Å²) >= 11 is 0. The predicted molar refractivity (Wildman–Crippen MR) is 324 cm³/mol. The van der Waals surface area contributed by atoms with Crippen LogP contribution in [-0.2, 0) is 58.9 Å². The molecule has 2 atom stereocenters. The van der Waals surface area contributed by atoms with Crippen molar-refractivity contribution in [1.82, 2.24) is 4.90 Å². The Morgan fingerprint density at radius 2 is 0.790 bits per heavy atom. The van der Waals surface area contributed by atoms with Crippen LogP contribution in [0.2, 0.25) is 48.4 Å². The highest BCUT2D eigenvalue weighted by atomic mass is 28.6. The van der Waals surface area contributed by atoms with Crippen LogP contribution in [-0.4, -0.2) is 167 Å². The van der Waals surface area contributed by atoms with Crippen LogP contribution >= 0.6 is 0 Å². The normalized spacial score (nSPS) is 32.1. The molecule has 2 unspecified atom stereocenters. The van der Waals surface area contributed by atoms with Gasteiger partial charge in [-0.2, -0.15) is 0 Å². The SMILES string of the molecule is CCCCOCC(O)CN(CCC[Si]12O[Si]3(CC(C)C)O[Si]4(CC(C)C)O[Si](CC(C)C)(O1)O[Si]1(CC(C)C)O[Si](CC(C)C)(O2)O[Si](CC(C)C)(O3)O[Si](CC(C)C)(O4)O1)CC(O)COCCOc1ccc(C(=O)C(C)(C)O)cc1. The molecule has 468 valence electrons. The molecule has 0 amide bonds. The minimum atomic E-state index is -4.28. The number of carbonyl (C=O) groups is 1. The molecule has 81 heavy (non-hydrogen) atoms. The van der Waals surface area contributed by atoms with Gasteiger partial charge in [0.2, 0.25) is 0 Å². The Morgan fingerprint density at radius 1 is 0.481 bits per heavy atom. The van der Waals surface area contributed by atoms with Crippen LogP contribution in [0.5, 0.6) is 5.75 Å². The van der Waals surface area contributed by atoms with Crippen LogP contribution in [0.15, 0.2) is 24.3 Å². The van der Waals surface area contributed by atoms with Gasteiger partial charge in [0.1, 0.15) is 18.0 Å². The van der Waals surface area contributed by atoms with E-state index in [2.05, 4.69) is 104 Å². The lowest BCUT2D eigenvalue weighted by molar-refractivity contribution is -0.0344. The largest absolute Gasteiger partial charge is 0.491 e. The first-order chi connectivity index (χ1) is 37.7. The maximum Gasteiger partial charge on any atom is 0.479 e. The zero-order valence-electron chi connectivity index (χ0n) is 52.3. The van der Waals surface area contributed by atoms with Crippen molar-refractivity contribution >= 4 is 76.2 Å². The van der Waals surface area contributed by atoms with Crippen molar-refractivity contribution in [2.45, 2.75) is 203 Å². The molecule has 7 rings (SSSR count). The number of Topliss-reactive ketones (excluding diaryl/α,β-unsaturated/α-hetero) is 1. The van der Waals surface area contributed by atoms with Crippen LogP contribution in [0, 0.1) is 41.4 Å². The van der Waals surface area contributed by atoms with Crippen molar-refractivity contribution in [3.05, 3.63) is 29.8 Å². The summed E-state index contributed by atoms with van der Waals surface area (Å²) in [5.74, 6) is 0.383. The summed E-state index contributed by atoms with van der Waals surface area (Å²) in [6, 6.07) is 9.62. The number of aliphatic hydroxyl groups is 3. The first-order valence-corrected chi connectivity index (χ1v) is 45.8. The van der Waals surface area contributed by atoms with Gasteiger partial charge in [0, 0.05) is 73.6 Å². The molecule has 6 fully saturated rings. The van der Waals surface area contributed by atoms with E-state index in [9.17, 15) is 20.1 Å². The third-order valence-electron chi connectivity index (χ3n) is 13.7. The van der Waals surface area contributed by atoms with E-state index < -0.39 is 88.2 Å². The monoisotopic (exact) mass is 1280 g/mol. The summed E-state index contributed by atoms with van der Waals surface area (Å²) in [6.45, 7) is 36.8. The average molecular weight is 1290 g/mol. The third kappa shape index (κ3) is 19.9. The molecule has 28 heteroatoms. The zero-order valence-corrected chi connectivity index (χ0v) is 60.3. The van der Waals surface area contributed by atoms with E-state index in [0.29, 0.717) is 73.2 Å². The smallest absolute Gasteiger partial charge is 0.479 e. The lowest BCUT2D eigenvalue weighted by atomic mass is 9.97. The molecule has 1 aromatic rings. The minimum Gasteiger partial charge on any atom is -0.491 e. The Hall–Kier alpha value is -0.295. The minimum absolute atomic E-state index is 0.00354. The quantitative estimate of drug-likeness (QED) is 0.0327. The summed E-state index contributed by atoms with van der Waals surface area (Å²) in [6.07, 6.45) is 0.480. The number of ether oxygens (including phenoxy) is 3. The average Bonchev–Trinajstić information content (AvgIpc) is 3.25. The number of hydrogen-bond acceptors (Lipinski definition) is 20. The number of unbranched alkanes of at least 4 members (excludes halogenated alkanes) is 1. The fraction of sp³-hybridized carbons (Fsp3) is 0.868. The molecular weight excluding hydrogens is 1180 g/mol. The van der Waals surface area contributed by atoms with Crippen LogP contribution in [0.1, 0.15) is 147 Å². The van der Waals surface area contributed by atoms with Crippen molar-refractivity contribution in [3.8, 4) is 5.75 Å². The highest BCUT2D eigenvalue weighted by molar-refractivity contribution is 7.03. The second kappa shape index (κ2) is 28.9. The number of rotatable bonds is 35. The van der Waals surface area contributed by atoms with Gasteiger partial charge in [-0.1, -0.05) is 110 Å². The molecule has 6 aliphatic heterocycles. The predicted octanol–water partition coefficient (Wildman–Crippen LogP) is 9.64. The highest BCUT2D eigenvalue weighted by Crippen LogP contribution is 2.56. The molecule has 6 aliphatic rings. The van der Waals surface area contributed by atoms with Crippen molar-refractivity contribution in [3.63, 3.8) is 0 Å². The van der Waals surface area contributed by atoms with E-state index in [4.69, 9.17) is 63.6 Å². The van der Waals surface area contributed by atoms with Gasteiger partial charge in [0.05, 0.1) is 32.0 Å². The van der Waals surface area contributed by atoms with Crippen molar-refractivity contribution in [2.75, 3.05) is 52.7 Å². The number of hydrogen-bond donors (Lipinski definition) is 3. The van der Waals surface area contributed by atoms with Crippen LogP contribution in [0.3, 0.4) is 0 Å². The van der Waals surface area contributed by atoms with Gasteiger partial charge in [0.15, 0.2) is 5.78 Å². The fourth-order valence-corrected chi connectivity index (χ4v) is 62.9. The van der Waals surface area contributed by atoms with E-state index >= 15 is 0 Å². The molecule has 8 bridgehead atoms. The maximum absolute atomic E-state index is 12.5. The molecule has 0 aliphatic carbocycles. The number of benzene rings is 1. The zero-order chi connectivity index (χ0) is 59.9. The van der Waals surface area contributed by atoms with Crippen molar-refractivity contribution < 1.29 is 83.7 Å². The number of nitrogens with zero attached hydrogens (tertiary/aromatic N) is 1. The second-order valence-corrected chi connectivity index (χ2v) is 50.9. The standard InChI is InChI=1S/C53H105NO19Si8/c1-18-19-26-59-32-49(55)30-54(31-50(56)33-60-27-28-61-51-23-21-48(22-24-51)52(57)53(16,17)58)25-20-29-74-62-75(34-41(2)3)65-78(37-44(8)9)67-76(63-74,35-42(4)5)69-80(39-46(12)13)70-77(64-74,36-43(6)7)68-79(66-75,38-45(10)11)72-81(71-78,73-80)40-47(14)15/h21-24,41-47,49-50,55-56,58H,18-20,25-40H2,1-17H3. The van der Waals surface area contributed by atoms with Crippen molar-refractivity contribution in [2.24, 2.45) is 41.4 Å². The second-order valence-electron chi connectivity index (χ2n) is 26.8. The van der Waals surface area contributed by atoms with Gasteiger partial charge in [0.25, 0.3) is 0 Å². The van der Waals surface area contributed by atoms with E-state index in [1.165, 1.54) is 13.8 Å². The Balaban J connectivity index is 1.41. The summed E-state index contributed by atoms with van der Waals surface area (Å²) < 4.78 is 113. The number of aliphatic hydroxyl groups excluding tert-OH is 2. The molecular formula is C53H105NO19Si8. The van der Waals surface area contributed by atoms with Crippen LogP contribution in [0.4, 0.5) is 0 Å². The first-order valence-electron chi connectivity index (χ1n) is 30.4. The fourth-order valence-electron chi connectivity index (χ4n) is 11.3. The molecule has 20 nitrogen and oxygen atoms in total. The van der Waals surface area contributed by atoms with E-state index in [0.717, 1.165) is 12.8 Å². The van der Waals surface area contributed by atoms with Crippen LogP contribution in [0.25, 0.3) is 0 Å². The van der Waals surface area contributed by atoms with E-state index in [1.54, 1.807) is 24.3 Å². The van der Waals surface area contributed by atoms with Gasteiger partial charge in [-0.05, 0) is 98.9 Å². The summed E-state index contributed by atoms with van der Waals surface area (Å²) in [5, 5.41) is 33.3. The van der Waals surface area contributed by atoms with Gasteiger partial charge in [-0.3, -0.25) is 9.69 Å². The van der Waals surface area contributed by atoms with E-state index in [-0.39, 0.29) is 92.8 Å². The van der Waals surface area contributed by atoms with Gasteiger partial charge in [-0.25, -0.2) is 0 Å². The lowest BCUT2D eigenvalue weighted by Crippen LogP contribution is -2.88. The Morgan fingerprint density at radius 3 is 1.09 bits per heavy atom.